The number of ether oxygens (including phenoxy) is 4. The zero-order valence-corrected chi connectivity index (χ0v) is 17.0. The van der Waals surface area contributed by atoms with E-state index in [-0.39, 0.29) is 42.7 Å². The van der Waals surface area contributed by atoms with E-state index in [4.69, 9.17) is 30.5 Å². The molecule has 3 aliphatic rings. The van der Waals surface area contributed by atoms with E-state index in [1.165, 1.54) is 6.07 Å². The van der Waals surface area contributed by atoms with Gasteiger partial charge in [0.05, 0.1) is 36.1 Å². The highest BCUT2D eigenvalue weighted by molar-refractivity contribution is 6.31. The summed E-state index contributed by atoms with van der Waals surface area (Å²) in [6.45, 7) is 0.900. The molecule has 5 atom stereocenters. The van der Waals surface area contributed by atoms with Crippen molar-refractivity contribution in [3.8, 4) is 11.8 Å². The van der Waals surface area contributed by atoms with Gasteiger partial charge in [0.15, 0.2) is 11.8 Å². The van der Waals surface area contributed by atoms with Crippen LogP contribution in [0.15, 0.2) is 24.3 Å². The van der Waals surface area contributed by atoms with Crippen molar-refractivity contribution in [2.75, 3.05) is 19.8 Å². The van der Waals surface area contributed by atoms with Crippen LogP contribution in [-0.2, 0) is 15.9 Å². The molecule has 0 aliphatic carbocycles. The quantitative estimate of drug-likeness (QED) is 0.633. The Bertz CT molecular complexity index is 1160. The van der Waals surface area contributed by atoms with Crippen molar-refractivity contribution in [2.45, 2.75) is 36.8 Å². The number of imidazole rings is 1. The molecule has 2 aromatic heterocycles. The molecule has 0 spiro atoms. The molecule has 0 amide bonds. The highest BCUT2D eigenvalue weighted by atomic mass is 35.5. The lowest BCUT2D eigenvalue weighted by molar-refractivity contribution is 0.00706. The lowest BCUT2D eigenvalue weighted by Crippen LogP contribution is -2.34. The summed E-state index contributed by atoms with van der Waals surface area (Å²) < 4.78 is 37.0. The van der Waals surface area contributed by atoms with Crippen LogP contribution in [0, 0.1) is 5.82 Å². The Morgan fingerprint density at radius 2 is 2.06 bits per heavy atom. The molecule has 5 heterocycles. The second kappa shape index (κ2) is 7.30. The van der Waals surface area contributed by atoms with Crippen LogP contribution in [0.5, 0.6) is 11.8 Å². The van der Waals surface area contributed by atoms with Crippen LogP contribution in [0.1, 0.15) is 17.2 Å². The van der Waals surface area contributed by atoms with E-state index in [0.717, 1.165) is 0 Å². The Balaban J connectivity index is 1.24. The van der Waals surface area contributed by atoms with Gasteiger partial charge in [0.2, 0.25) is 0 Å². The first-order valence-electron chi connectivity index (χ1n) is 10.1. The Labute approximate surface area is 181 Å². The average molecular weight is 448 g/mol. The maximum atomic E-state index is 14.3. The van der Waals surface area contributed by atoms with Crippen molar-refractivity contribution in [2.24, 2.45) is 0 Å². The molecular formula is C21H19ClFN3O5. The van der Waals surface area contributed by atoms with Gasteiger partial charge in [0.1, 0.15) is 29.9 Å². The molecule has 10 heteroatoms. The molecule has 1 aromatic carbocycles. The van der Waals surface area contributed by atoms with Crippen molar-refractivity contribution < 1.29 is 28.4 Å². The molecule has 0 bridgehead atoms. The largest absolute Gasteiger partial charge is 0.493 e. The Morgan fingerprint density at radius 3 is 2.97 bits per heavy atom. The van der Waals surface area contributed by atoms with Crippen LogP contribution in [0.4, 0.5) is 4.39 Å². The van der Waals surface area contributed by atoms with Crippen LogP contribution in [0.3, 0.4) is 0 Å². The number of aliphatic hydroxyl groups is 1. The Kier molecular flexibility index (Phi) is 4.53. The number of hydrogen-bond donors (Lipinski definition) is 2. The number of halogens is 2. The van der Waals surface area contributed by atoms with Gasteiger partial charge < -0.3 is 29.0 Å². The fourth-order valence-corrected chi connectivity index (χ4v) is 4.76. The van der Waals surface area contributed by atoms with Gasteiger partial charge in [0.25, 0.3) is 6.01 Å². The van der Waals surface area contributed by atoms with Crippen LogP contribution in [0.2, 0.25) is 5.02 Å². The van der Waals surface area contributed by atoms with Gasteiger partial charge in [-0.2, -0.15) is 4.98 Å². The van der Waals surface area contributed by atoms with Crippen molar-refractivity contribution in [3.05, 3.63) is 46.4 Å². The highest BCUT2D eigenvalue weighted by Gasteiger charge is 2.48. The molecule has 8 nitrogen and oxygen atoms in total. The molecule has 3 aliphatic heterocycles. The summed E-state index contributed by atoms with van der Waals surface area (Å²) in [4.78, 5) is 12.1. The summed E-state index contributed by atoms with van der Waals surface area (Å²) in [5.74, 6) is 0.102. The molecule has 2 N–H and O–H groups in total. The molecule has 6 rings (SSSR count). The second-order valence-electron chi connectivity index (χ2n) is 8.01. The van der Waals surface area contributed by atoms with Crippen molar-refractivity contribution in [3.63, 3.8) is 0 Å². The van der Waals surface area contributed by atoms with Gasteiger partial charge >= 0.3 is 0 Å². The van der Waals surface area contributed by atoms with E-state index in [9.17, 15) is 9.50 Å². The SMILES string of the molecule is O[C@@H]1CO[C@H]2[C@@H]1OC[C@H]2Oc1nc2nc(C[C@@H]3COc4cccc(F)c43)c(Cl)cc2[nH]1. The Hall–Kier alpha value is -2.46. The third-order valence-corrected chi connectivity index (χ3v) is 6.35. The minimum Gasteiger partial charge on any atom is -0.493 e. The molecule has 162 valence electrons. The van der Waals surface area contributed by atoms with E-state index in [1.54, 1.807) is 18.2 Å². The van der Waals surface area contributed by atoms with Gasteiger partial charge in [-0.25, -0.2) is 9.37 Å². The van der Waals surface area contributed by atoms with Crippen molar-refractivity contribution >= 4 is 22.8 Å². The van der Waals surface area contributed by atoms with Crippen molar-refractivity contribution in [1.82, 2.24) is 15.0 Å². The minimum absolute atomic E-state index is 0.174. The van der Waals surface area contributed by atoms with Crippen LogP contribution < -0.4 is 9.47 Å². The fraction of sp³-hybridized carbons (Fsp3) is 0.429. The highest BCUT2D eigenvalue weighted by Crippen LogP contribution is 2.38. The van der Waals surface area contributed by atoms with E-state index in [0.29, 0.717) is 52.8 Å². The molecule has 0 unspecified atom stereocenters. The fourth-order valence-electron chi connectivity index (χ4n) is 4.53. The van der Waals surface area contributed by atoms with Crippen LogP contribution in [-0.4, -0.2) is 64.3 Å². The van der Waals surface area contributed by atoms with Gasteiger partial charge in [0, 0.05) is 17.9 Å². The Morgan fingerprint density at radius 1 is 1.19 bits per heavy atom. The lowest BCUT2D eigenvalue weighted by Gasteiger charge is -2.15. The molecule has 0 saturated carbocycles. The first-order valence-corrected chi connectivity index (χ1v) is 10.5. The molecular weight excluding hydrogens is 429 g/mol. The topological polar surface area (TPSA) is 98.7 Å². The monoisotopic (exact) mass is 447 g/mol. The number of aliphatic hydroxyl groups excluding tert-OH is 1. The summed E-state index contributed by atoms with van der Waals surface area (Å²) in [5, 5.41) is 10.3. The van der Waals surface area contributed by atoms with Gasteiger partial charge in [-0.15, -0.1) is 0 Å². The van der Waals surface area contributed by atoms with Gasteiger partial charge in [-0.05, 0) is 18.2 Å². The maximum absolute atomic E-state index is 14.3. The average Bonchev–Trinajstić information content (AvgIpc) is 3.50. The van der Waals surface area contributed by atoms with Crippen LogP contribution >= 0.6 is 11.6 Å². The minimum atomic E-state index is -0.646. The number of nitrogens with one attached hydrogen (secondary N) is 1. The second-order valence-corrected chi connectivity index (χ2v) is 8.42. The number of pyridine rings is 1. The third-order valence-electron chi connectivity index (χ3n) is 6.02. The number of rotatable bonds is 4. The first-order chi connectivity index (χ1) is 15.1. The van der Waals surface area contributed by atoms with Gasteiger partial charge in [-0.1, -0.05) is 17.7 Å². The maximum Gasteiger partial charge on any atom is 0.296 e. The predicted octanol–water partition coefficient (Wildman–Crippen LogP) is 2.37. The van der Waals surface area contributed by atoms with E-state index in [1.807, 2.05) is 0 Å². The summed E-state index contributed by atoms with van der Waals surface area (Å²) in [7, 11) is 0. The normalized spacial score (nSPS) is 29.2. The summed E-state index contributed by atoms with van der Waals surface area (Å²) in [6, 6.07) is 6.84. The smallest absolute Gasteiger partial charge is 0.296 e. The summed E-state index contributed by atoms with van der Waals surface area (Å²) in [5.41, 5.74) is 2.25. The molecule has 2 fully saturated rings. The summed E-state index contributed by atoms with van der Waals surface area (Å²) in [6.07, 6.45) is -1.32. The number of hydrogen-bond acceptors (Lipinski definition) is 7. The zero-order chi connectivity index (χ0) is 21.1. The standard InChI is InChI=1S/C21H19ClFN3O5/c22-10-5-13-20(24-12(10)4-9-6-28-15-3-1-2-11(23)17(9)15)26-21(25-13)31-16-8-30-18-14(27)7-29-19(16)18/h1-3,5,9,14,16,18-19,27H,4,6-8H2,(H,24,25,26)/t9-,14-,16-,18-,19-/m1/s1. The number of H-pyrrole nitrogens is 1. The number of aromatic nitrogens is 3. The number of aromatic amines is 1. The van der Waals surface area contributed by atoms with Crippen LogP contribution in [0.25, 0.3) is 11.2 Å². The lowest BCUT2D eigenvalue weighted by atomic mass is 9.95. The molecule has 31 heavy (non-hydrogen) atoms. The molecule has 0 radical (unpaired) electrons. The van der Waals surface area contributed by atoms with E-state index < -0.39 is 6.10 Å². The number of fused-ring (bicyclic) bond motifs is 3. The third kappa shape index (κ3) is 3.23. The number of nitrogens with zero attached hydrogens (tertiary/aromatic N) is 2. The summed E-state index contributed by atoms with van der Waals surface area (Å²) >= 11 is 6.46. The van der Waals surface area contributed by atoms with Crippen molar-refractivity contribution in [1.29, 1.82) is 0 Å². The van der Waals surface area contributed by atoms with E-state index in [2.05, 4.69) is 15.0 Å². The first kappa shape index (κ1) is 19.2. The molecule has 3 aromatic rings. The zero-order valence-electron chi connectivity index (χ0n) is 16.3. The van der Waals surface area contributed by atoms with E-state index >= 15 is 0 Å². The van der Waals surface area contributed by atoms with Gasteiger partial charge in [-0.3, -0.25) is 0 Å². The number of benzene rings is 1. The predicted molar refractivity (Wildman–Crippen MR) is 107 cm³/mol. The molecule has 2 saturated heterocycles.